The van der Waals surface area contributed by atoms with Gasteiger partial charge in [0.2, 0.25) is 5.91 Å². The zero-order valence-corrected chi connectivity index (χ0v) is 22.4. The first-order chi connectivity index (χ1) is 17.6. The van der Waals surface area contributed by atoms with E-state index in [0.29, 0.717) is 51.9 Å². The lowest BCUT2D eigenvalue weighted by molar-refractivity contribution is -0.140. The molecule has 4 N–H and O–H groups in total. The van der Waals surface area contributed by atoms with Crippen molar-refractivity contribution in [3.8, 4) is 0 Å². The Morgan fingerprint density at radius 3 is 2.22 bits per heavy atom. The number of hydrogen-bond donors (Lipinski definition) is 4. The summed E-state index contributed by atoms with van der Waals surface area (Å²) >= 11 is 0. The molecule has 0 aliphatic rings. The smallest absolute Gasteiger partial charge is 0.408 e. The lowest BCUT2D eigenvalue weighted by Gasteiger charge is -2.23. The Kier molecular flexibility index (Phi) is 15.4. The summed E-state index contributed by atoms with van der Waals surface area (Å²) in [6, 6.07) is 8.69. The van der Waals surface area contributed by atoms with E-state index in [1.807, 2.05) is 30.3 Å². The molecular weight excluding hydrogens is 480 g/mol. The minimum atomic E-state index is -0.768. The van der Waals surface area contributed by atoms with Crippen molar-refractivity contribution in [3.05, 3.63) is 35.9 Å². The fourth-order valence-electron chi connectivity index (χ4n) is 3.12. The van der Waals surface area contributed by atoms with Crippen molar-refractivity contribution >= 4 is 24.1 Å². The molecule has 0 spiro atoms. The Hall–Kier alpha value is -3.34. The standard InChI is InChI=1S/C26H42N4O7/c1-26(2,3)37-25(34)30-21(23(32)28-17-9-14-22(31)35-4)13-8-15-27-16-10-18-29-24(33)36-19-20-11-6-5-7-12-20/h5-7,11-12,21,27H,8-10,13-19H2,1-4H3,(H,28,32)(H,29,33)(H,30,34). The number of rotatable bonds is 16. The van der Waals surface area contributed by atoms with Crippen LogP contribution < -0.4 is 21.3 Å². The number of ether oxygens (including phenoxy) is 3. The van der Waals surface area contributed by atoms with Crippen LogP contribution >= 0.6 is 0 Å². The largest absolute Gasteiger partial charge is 0.469 e. The third-order valence-corrected chi connectivity index (χ3v) is 4.95. The van der Waals surface area contributed by atoms with Crippen LogP contribution in [0.25, 0.3) is 0 Å². The van der Waals surface area contributed by atoms with Gasteiger partial charge in [-0.15, -0.1) is 0 Å². The highest BCUT2D eigenvalue weighted by Gasteiger charge is 2.24. The molecule has 0 aliphatic heterocycles. The molecule has 1 aromatic rings. The van der Waals surface area contributed by atoms with Crippen molar-refractivity contribution in [1.82, 2.24) is 21.3 Å². The average molecular weight is 523 g/mol. The van der Waals surface area contributed by atoms with Gasteiger partial charge in [0.1, 0.15) is 18.2 Å². The summed E-state index contributed by atoms with van der Waals surface area (Å²) in [7, 11) is 1.31. The van der Waals surface area contributed by atoms with E-state index in [4.69, 9.17) is 9.47 Å². The molecule has 0 saturated heterocycles. The second-order valence-corrected chi connectivity index (χ2v) is 9.40. The molecule has 11 nitrogen and oxygen atoms in total. The van der Waals surface area contributed by atoms with E-state index >= 15 is 0 Å². The van der Waals surface area contributed by atoms with Gasteiger partial charge in [0.25, 0.3) is 0 Å². The summed E-state index contributed by atoms with van der Waals surface area (Å²) in [4.78, 5) is 47.7. The highest BCUT2D eigenvalue weighted by Crippen LogP contribution is 2.08. The van der Waals surface area contributed by atoms with E-state index in [2.05, 4.69) is 26.0 Å². The predicted molar refractivity (Wildman–Crippen MR) is 139 cm³/mol. The first-order valence-corrected chi connectivity index (χ1v) is 12.6. The minimum absolute atomic E-state index is 0.199. The molecular formula is C26H42N4O7. The zero-order chi connectivity index (χ0) is 27.5. The summed E-state index contributed by atoms with van der Waals surface area (Å²) in [5.74, 6) is -0.683. The fourth-order valence-corrected chi connectivity index (χ4v) is 3.12. The lowest BCUT2D eigenvalue weighted by atomic mass is 10.1. The monoisotopic (exact) mass is 522 g/mol. The summed E-state index contributed by atoms with van der Waals surface area (Å²) in [5, 5.41) is 11.3. The van der Waals surface area contributed by atoms with Crippen LogP contribution in [0.2, 0.25) is 0 Å². The van der Waals surface area contributed by atoms with Gasteiger partial charge in [0.15, 0.2) is 0 Å². The maximum atomic E-state index is 12.6. The second-order valence-electron chi connectivity index (χ2n) is 9.40. The van der Waals surface area contributed by atoms with Crippen molar-refractivity contribution in [2.24, 2.45) is 0 Å². The first kappa shape index (κ1) is 31.7. The molecule has 0 aromatic heterocycles. The quantitative estimate of drug-likeness (QED) is 0.147. The van der Waals surface area contributed by atoms with E-state index < -0.39 is 23.8 Å². The zero-order valence-electron chi connectivity index (χ0n) is 22.4. The molecule has 1 unspecified atom stereocenters. The van der Waals surface area contributed by atoms with Crippen LogP contribution in [0.1, 0.15) is 58.4 Å². The normalized spacial score (nSPS) is 11.7. The summed E-state index contributed by atoms with van der Waals surface area (Å²) in [6.07, 6.45) is 1.25. The number of carbonyl (C=O) groups is 4. The number of methoxy groups -OCH3 is 1. The molecule has 0 heterocycles. The number of esters is 1. The molecule has 3 amide bonds. The number of carbonyl (C=O) groups excluding carboxylic acids is 4. The Morgan fingerprint density at radius 2 is 1.54 bits per heavy atom. The van der Waals surface area contributed by atoms with Crippen LogP contribution in [0.3, 0.4) is 0 Å². The Bertz CT molecular complexity index is 828. The van der Waals surface area contributed by atoms with Gasteiger partial charge in [-0.05, 0) is 65.1 Å². The van der Waals surface area contributed by atoms with Crippen molar-refractivity contribution in [2.75, 3.05) is 33.3 Å². The third kappa shape index (κ3) is 16.9. The second kappa shape index (κ2) is 18.0. The first-order valence-electron chi connectivity index (χ1n) is 12.6. The van der Waals surface area contributed by atoms with Gasteiger partial charge in [-0.2, -0.15) is 0 Å². The number of nitrogens with one attached hydrogen (secondary N) is 4. The molecule has 0 aliphatic carbocycles. The average Bonchev–Trinajstić information content (AvgIpc) is 2.85. The van der Waals surface area contributed by atoms with Crippen molar-refractivity contribution in [1.29, 1.82) is 0 Å². The van der Waals surface area contributed by atoms with Crippen LogP contribution in [-0.4, -0.2) is 69.0 Å². The predicted octanol–water partition coefficient (Wildman–Crippen LogP) is 2.64. The van der Waals surface area contributed by atoms with Gasteiger partial charge < -0.3 is 35.5 Å². The summed E-state index contributed by atoms with van der Waals surface area (Å²) < 4.78 is 15.0. The third-order valence-electron chi connectivity index (χ3n) is 4.95. The highest BCUT2D eigenvalue weighted by molar-refractivity contribution is 5.85. The molecule has 11 heteroatoms. The summed E-state index contributed by atoms with van der Waals surface area (Å²) in [6.45, 7) is 7.52. The van der Waals surface area contributed by atoms with Crippen LogP contribution in [0.4, 0.5) is 9.59 Å². The van der Waals surface area contributed by atoms with Gasteiger partial charge in [-0.3, -0.25) is 9.59 Å². The van der Waals surface area contributed by atoms with Crippen LogP contribution in [0.5, 0.6) is 0 Å². The van der Waals surface area contributed by atoms with Crippen LogP contribution in [0, 0.1) is 0 Å². The Morgan fingerprint density at radius 1 is 0.865 bits per heavy atom. The SMILES string of the molecule is COC(=O)CCCNC(=O)C(CCCNCCCNC(=O)OCc1ccccc1)NC(=O)OC(C)(C)C. The van der Waals surface area contributed by atoms with Crippen LogP contribution in [0.15, 0.2) is 30.3 Å². The highest BCUT2D eigenvalue weighted by atomic mass is 16.6. The number of amides is 3. The van der Waals surface area contributed by atoms with Gasteiger partial charge >= 0.3 is 18.2 Å². The number of alkyl carbamates (subject to hydrolysis) is 2. The molecule has 0 bridgehead atoms. The van der Waals surface area contributed by atoms with E-state index in [0.717, 1.165) is 5.56 Å². The van der Waals surface area contributed by atoms with E-state index in [1.54, 1.807) is 20.8 Å². The van der Waals surface area contributed by atoms with E-state index in [-0.39, 0.29) is 24.9 Å². The Balaban J connectivity index is 2.28. The fraction of sp³-hybridized carbons (Fsp3) is 0.615. The lowest BCUT2D eigenvalue weighted by Crippen LogP contribution is -2.48. The maximum absolute atomic E-state index is 12.6. The minimum Gasteiger partial charge on any atom is -0.469 e. The van der Waals surface area contributed by atoms with E-state index in [1.165, 1.54) is 7.11 Å². The van der Waals surface area contributed by atoms with Crippen molar-refractivity contribution in [2.45, 2.75) is 71.1 Å². The topological polar surface area (TPSA) is 144 Å². The Labute approximate surface area is 219 Å². The van der Waals surface area contributed by atoms with Gasteiger partial charge in [-0.25, -0.2) is 9.59 Å². The number of hydrogen-bond acceptors (Lipinski definition) is 8. The number of benzene rings is 1. The summed E-state index contributed by atoms with van der Waals surface area (Å²) in [5.41, 5.74) is 0.239. The van der Waals surface area contributed by atoms with Crippen molar-refractivity contribution < 1.29 is 33.4 Å². The van der Waals surface area contributed by atoms with Gasteiger partial charge in [0, 0.05) is 19.5 Å². The molecule has 0 saturated carbocycles. The molecule has 0 radical (unpaired) electrons. The molecule has 1 aromatic carbocycles. The van der Waals surface area contributed by atoms with Crippen LogP contribution in [-0.2, 0) is 30.4 Å². The van der Waals surface area contributed by atoms with Crippen molar-refractivity contribution in [3.63, 3.8) is 0 Å². The molecule has 1 rings (SSSR count). The van der Waals surface area contributed by atoms with Gasteiger partial charge in [0.05, 0.1) is 7.11 Å². The maximum Gasteiger partial charge on any atom is 0.408 e. The molecule has 37 heavy (non-hydrogen) atoms. The molecule has 0 fully saturated rings. The van der Waals surface area contributed by atoms with Gasteiger partial charge in [-0.1, -0.05) is 30.3 Å². The molecule has 1 atom stereocenters. The van der Waals surface area contributed by atoms with E-state index in [9.17, 15) is 19.2 Å². The molecule has 208 valence electrons.